The van der Waals surface area contributed by atoms with Gasteiger partial charge in [0.2, 0.25) is 5.91 Å². The number of hydrogen-bond donors (Lipinski definition) is 0. The highest BCUT2D eigenvalue weighted by atomic mass is 79.9. The van der Waals surface area contributed by atoms with E-state index in [2.05, 4.69) is 20.7 Å². The summed E-state index contributed by atoms with van der Waals surface area (Å²) in [4.78, 5) is 13.2. The minimum Gasteiger partial charge on any atom is -0.372 e. The largest absolute Gasteiger partial charge is 0.411 e. The molecule has 1 amide bonds. The molecule has 0 spiro atoms. The van der Waals surface area contributed by atoms with Gasteiger partial charge in [-0.05, 0) is 6.42 Å². The van der Waals surface area contributed by atoms with Gasteiger partial charge in [0.15, 0.2) is 0 Å². The molecule has 0 N–H and O–H groups in total. The van der Waals surface area contributed by atoms with Crippen molar-refractivity contribution >= 4 is 21.8 Å². The van der Waals surface area contributed by atoms with Crippen LogP contribution in [0.15, 0.2) is 0 Å². The Balaban J connectivity index is 3.81. The van der Waals surface area contributed by atoms with Gasteiger partial charge in [0.05, 0.1) is 13.0 Å². The Morgan fingerprint density at radius 1 is 1.35 bits per heavy atom. The van der Waals surface area contributed by atoms with Crippen molar-refractivity contribution in [2.75, 3.05) is 31.6 Å². The van der Waals surface area contributed by atoms with Gasteiger partial charge in [-0.25, -0.2) is 0 Å². The third-order valence-electron chi connectivity index (χ3n) is 1.93. The van der Waals surface area contributed by atoms with Gasteiger partial charge in [-0.1, -0.05) is 22.9 Å². The lowest BCUT2D eigenvalue weighted by molar-refractivity contribution is -0.175. The van der Waals surface area contributed by atoms with Gasteiger partial charge in [-0.3, -0.25) is 4.79 Å². The van der Waals surface area contributed by atoms with E-state index >= 15 is 0 Å². The Hall–Kier alpha value is -0.300. The van der Waals surface area contributed by atoms with E-state index in [1.54, 1.807) is 4.90 Å². The quantitative estimate of drug-likeness (QED) is 0.508. The molecule has 0 bridgehead atoms. The van der Waals surface area contributed by atoms with Crippen molar-refractivity contribution in [1.29, 1.82) is 0 Å². The van der Waals surface area contributed by atoms with Crippen LogP contribution in [0.4, 0.5) is 13.2 Å². The molecule has 0 atom stereocenters. The molecule has 102 valence electrons. The Labute approximate surface area is 107 Å². The minimum absolute atomic E-state index is 0.0108. The summed E-state index contributed by atoms with van der Waals surface area (Å²) in [7, 11) is 0. The first-order valence-electron chi connectivity index (χ1n) is 5.39. The first kappa shape index (κ1) is 16.7. The predicted octanol–water partition coefficient (Wildman–Crippen LogP) is 2.59. The normalized spacial score (nSPS) is 11.6. The molecule has 0 saturated heterocycles. The molecular weight excluding hydrogens is 303 g/mol. The van der Waals surface area contributed by atoms with Crippen LogP contribution in [0.25, 0.3) is 0 Å². The second-order valence-corrected chi connectivity index (χ2v) is 4.28. The van der Waals surface area contributed by atoms with Crippen LogP contribution in [0, 0.1) is 0 Å². The highest BCUT2D eigenvalue weighted by Crippen LogP contribution is 2.14. The molecule has 0 aromatic rings. The van der Waals surface area contributed by atoms with Crippen LogP contribution in [-0.4, -0.2) is 48.6 Å². The van der Waals surface area contributed by atoms with E-state index in [4.69, 9.17) is 0 Å². The second kappa shape index (κ2) is 8.74. The molecule has 0 aliphatic heterocycles. The maximum absolute atomic E-state index is 11.8. The lowest BCUT2D eigenvalue weighted by Gasteiger charge is -2.21. The summed E-state index contributed by atoms with van der Waals surface area (Å²) in [6, 6.07) is 0. The lowest BCUT2D eigenvalue weighted by atomic mass is 10.3. The van der Waals surface area contributed by atoms with Crippen LogP contribution in [0.3, 0.4) is 0 Å². The van der Waals surface area contributed by atoms with E-state index in [1.807, 2.05) is 6.92 Å². The fraction of sp³-hybridized carbons (Fsp3) is 0.900. The Bertz CT molecular complexity index is 218. The molecule has 3 nitrogen and oxygen atoms in total. The molecule has 0 heterocycles. The van der Waals surface area contributed by atoms with Crippen LogP contribution in [0.1, 0.15) is 19.8 Å². The highest BCUT2D eigenvalue weighted by Gasteiger charge is 2.27. The van der Waals surface area contributed by atoms with Gasteiger partial charge in [0, 0.05) is 18.4 Å². The smallest absolute Gasteiger partial charge is 0.372 e. The van der Waals surface area contributed by atoms with Gasteiger partial charge in [0.1, 0.15) is 6.61 Å². The van der Waals surface area contributed by atoms with Crippen molar-refractivity contribution in [2.24, 2.45) is 0 Å². The van der Waals surface area contributed by atoms with Gasteiger partial charge >= 0.3 is 6.18 Å². The zero-order chi connectivity index (χ0) is 13.3. The van der Waals surface area contributed by atoms with Crippen LogP contribution in [0.5, 0.6) is 0 Å². The average molecular weight is 320 g/mol. The Kier molecular flexibility index (Phi) is 8.59. The predicted molar refractivity (Wildman–Crippen MR) is 62.2 cm³/mol. The summed E-state index contributed by atoms with van der Waals surface area (Å²) < 4.78 is 39.7. The summed E-state index contributed by atoms with van der Waals surface area (Å²) in [6.07, 6.45) is -3.52. The molecule has 17 heavy (non-hydrogen) atoms. The number of rotatable bonds is 8. The number of nitrogens with zero attached hydrogens (tertiary/aromatic N) is 1. The number of alkyl halides is 4. The van der Waals surface area contributed by atoms with Gasteiger partial charge < -0.3 is 9.64 Å². The molecular formula is C10H17BrF3NO2. The first-order chi connectivity index (χ1) is 7.90. The van der Waals surface area contributed by atoms with Gasteiger partial charge in [-0.15, -0.1) is 0 Å². The van der Waals surface area contributed by atoms with E-state index < -0.39 is 12.8 Å². The van der Waals surface area contributed by atoms with Crippen molar-refractivity contribution < 1.29 is 22.7 Å². The molecule has 0 rings (SSSR count). The maximum Gasteiger partial charge on any atom is 0.411 e. The number of ether oxygens (including phenoxy) is 1. The first-order valence-corrected chi connectivity index (χ1v) is 6.51. The lowest BCUT2D eigenvalue weighted by Crippen LogP contribution is -2.34. The standard InChI is InChI=1S/C10H17BrF3NO2/c1-2-5-15(6-4-11)9(16)3-7-17-8-10(12,13)14/h2-8H2,1H3. The average Bonchev–Trinajstić information content (AvgIpc) is 2.22. The Morgan fingerprint density at radius 3 is 2.47 bits per heavy atom. The van der Waals surface area contributed by atoms with E-state index in [-0.39, 0.29) is 18.9 Å². The van der Waals surface area contributed by atoms with Crippen LogP contribution < -0.4 is 0 Å². The fourth-order valence-corrected chi connectivity index (χ4v) is 1.67. The molecule has 0 aliphatic carbocycles. The van der Waals surface area contributed by atoms with Crippen molar-refractivity contribution in [3.05, 3.63) is 0 Å². The maximum atomic E-state index is 11.8. The third kappa shape index (κ3) is 9.41. The molecule has 0 aromatic carbocycles. The number of carbonyl (C=O) groups is 1. The van der Waals surface area contributed by atoms with Crippen molar-refractivity contribution in [2.45, 2.75) is 25.9 Å². The summed E-state index contributed by atoms with van der Waals surface area (Å²) in [6.45, 7) is 1.62. The van der Waals surface area contributed by atoms with Gasteiger partial charge in [0.25, 0.3) is 0 Å². The SMILES string of the molecule is CCCN(CCBr)C(=O)CCOCC(F)(F)F. The summed E-state index contributed by atoms with van der Waals surface area (Å²) in [5.41, 5.74) is 0. The number of amides is 1. The molecule has 0 unspecified atom stereocenters. The molecule has 0 aliphatic rings. The topological polar surface area (TPSA) is 29.5 Å². The van der Waals surface area contributed by atoms with Crippen molar-refractivity contribution in [1.82, 2.24) is 4.90 Å². The van der Waals surface area contributed by atoms with Crippen LogP contribution >= 0.6 is 15.9 Å². The molecule has 0 fully saturated rings. The summed E-state index contributed by atoms with van der Waals surface area (Å²) in [5, 5.41) is 0.655. The summed E-state index contributed by atoms with van der Waals surface area (Å²) in [5.74, 6) is -0.173. The van der Waals surface area contributed by atoms with Crippen LogP contribution in [0.2, 0.25) is 0 Å². The Morgan fingerprint density at radius 2 is 2.00 bits per heavy atom. The number of hydrogen-bond acceptors (Lipinski definition) is 2. The second-order valence-electron chi connectivity index (χ2n) is 3.49. The monoisotopic (exact) mass is 319 g/mol. The van der Waals surface area contributed by atoms with E-state index in [9.17, 15) is 18.0 Å². The molecule has 0 saturated carbocycles. The fourth-order valence-electron chi connectivity index (χ4n) is 1.24. The van der Waals surface area contributed by atoms with Crippen molar-refractivity contribution in [3.63, 3.8) is 0 Å². The number of carbonyl (C=O) groups excluding carboxylic acids is 1. The van der Waals surface area contributed by atoms with Crippen molar-refractivity contribution in [3.8, 4) is 0 Å². The van der Waals surface area contributed by atoms with Gasteiger partial charge in [-0.2, -0.15) is 13.2 Å². The van der Waals surface area contributed by atoms with E-state index in [1.165, 1.54) is 0 Å². The molecule has 0 aromatic heterocycles. The highest BCUT2D eigenvalue weighted by molar-refractivity contribution is 9.09. The number of halogens is 4. The minimum atomic E-state index is -4.33. The summed E-state index contributed by atoms with van der Waals surface area (Å²) >= 11 is 3.22. The van der Waals surface area contributed by atoms with Crippen LogP contribution in [-0.2, 0) is 9.53 Å². The zero-order valence-corrected chi connectivity index (χ0v) is 11.3. The van der Waals surface area contributed by atoms with E-state index in [0.717, 1.165) is 6.42 Å². The van der Waals surface area contributed by atoms with E-state index in [0.29, 0.717) is 18.4 Å². The third-order valence-corrected chi connectivity index (χ3v) is 2.28. The molecule has 0 radical (unpaired) electrons. The molecule has 7 heteroatoms. The zero-order valence-electron chi connectivity index (χ0n) is 9.73.